The zero-order chi connectivity index (χ0) is 19.8. The predicted molar refractivity (Wildman–Crippen MR) is 109 cm³/mol. The predicted octanol–water partition coefficient (Wildman–Crippen LogP) is 3.30. The second-order valence-corrected chi connectivity index (χ2v) is 7.44. The van der Waals surface area contributed by atoms with E-state index in [1.807, 2.05) is 42.5 Å². The number of hydrogen-bond acceptors (Lipinski definition) is 6. The number of amides is 1. The Morgan fingerprint density at radius 1 is 1.18 bits per heavy atom. The van der Waals surface area contributed by atoms with Gasteiger partial charge in [0.2, 0.25) is 5.91 Å². The van der Waals surface area contributed by atoms with E-state index in [-0.39, 0.29) is 12.5 Å². The summed E-state index contributed by atoms with van der Waals surface area (Å²) in [6, 6.07) is 12.8. The largest absolute Gasteiger partial charge is 0.464 e. The molecule has 2 aromatic heterocycles. The molecule has 0 saturated carbocycles. The van der Waals surface area contributed by atoms with E-state index in [9.17, 15) is 9.59 Å². The molecule has 0 fully saturated rings. The number of nitrogens with zero attached hydrogens (tertiary/aromatic N) is 2. The van der Waals surface area contributed by atoms with Crippen LogP contribution in [0.4, 0.5) is 0 Å². The van der Waals surface area contributed by atoms with E-state index in [0.717, 1.165) is 27.3 Å². The van der Waals surface area contributed by atoms with Crippen LogP contribution in [0.3, 0.4) is 0 Å². The summed E-state index contributed by atoms with van der Waals surface area (Å²) in [5.41, 5.74) is 1.72. The third-order valence-corrected chi connectivity index (χ3v) is 5.27. The van der Waals surface area contributed by atoms with Crippen molar-refractivity contribution in [2.45, 2.75) is 38.6 Å². The minimum atomic E-state index is -0.732. The fourth-order valence-electron chi connectivity index (χ4n) is 2.86. The maximum atomic E-state index is 12.4. The lowest BCUT2D eigenvalue weighted by Gasteiger charge is -2.17. The third-order valence-electron chi connectivity index (χ3n) is 4.18. The van der Waals surface area contributed by atoms with Crippen molar-refractivity contribution in [1.82, 2.24) is 15.3 Å². The van der Waals surface area contributed by atoms with E-state index in [2.05, 4.69) is 15.3 Å². The van der Waals surface area contributed by atoms with Gasteiger partial charge in [0.25, 0.3) is 0 Å². The molecular formula is C21H23N3O3S. The Morgan fingerprint density at radius 2 is 2.00 bits per heavy atom. The van der Waals surface area contributed by atoms with Crippen LogP contribution in [0.2, 0.25) is 0 Å². The Bertz CT molecular complexity index is 894. The lowest BCUT2D eigenvalue weighted by Crippen LogP contribution is -2.43. The summed E-state index contributed by atoms with van der Waals surface area (Å²) in [7, 11) is 0. The van der Waals surface area contributed by atoms with Gasteiger partial charge in [0, 0.05) is 24.7 Å². The van der Waals surface area contributed by atoms with Gasteiger partial charge >= 0.3 is 5.97 Å². The van der Waals surface area contributed by atoms with Gasteiger partial charge < -0.3 is 10.1 Å². The fraction of sp³-hybridized carbons (Fsp3) is 0.333. The van der Waals surface area contributed by atoms with Gasteiger partial charge in [-0.2, -0.15) is 0 Å². The van der Waals surface area contributed by atoms with Crippen molar-refractivity contribution in [3.05, 3.63) is 59.4 Å². The molecule has 0 aliphatic carbocycles. The first kappa shape index (κ1) is 19.9. The highest BCUT2D eigenvalue weighted by Gasteiger charge is 2.22. The van der Waals surface area contributed by atoms with Gasteiger partial charge in [0.05, 0.1) is 21.8 Å². The van der Waals surface area contributed by atoms with Crippen LogP contribution in [0.1, 0.15) is 30.5 Å². The normalized spacial score (nSPS) is 11.9. The smallest absolute Gasteiger partial charge is 0.329 e. The Labute approximate surface area is 168 Å². The molecule has 1 aromatic carbocycles. The molecule has 0 aliphatic heterocycles. The number of benzene rings is 1. The number of aryl methyl sites for hydroxylation is 1. The van der Waals surface area contributed by atoms with Crippen LogP contribution in [-0.4, -0.2) is 34.5 Å². The van der Waals surface area contributed by atoms with E-state index in [1.165, 1.54) is 0 Å². The van der Waals surface area contributed by atoms with Gasteiger partial charge in [0.15, 0.2) is 0 Å². The first-order valence-corrected chi connectivity index (χ1v) is 10.2. The quantitative estimate of drug-likeness (QED) is 0.560. The number of nitrogens with one attached hydrogen (secondary N) is 1. The van der Waals surface area contributed by atoms with Gasteiger partial charge in [-0.3, -0.25) is 9.78 Å². The molecule has 0 aliphatic rings. The lowest BCUT2D eigenvalue weighted by atomic mass is 10.1. The number of para-hydroxylation sites is 1. The van der Waals surface area contributed by atoms with Crippen LogP contribution in [-0.2, 0) is 27.2 Å². The Hall–Kier alpha value is -2.80. The summed E-state index contributed by atoms with van der Waals surface area (Å²) in [4.78, 5) is 33.4. The number of carbonyl (C=O) groups is 2. The second kappa shape index (κ2) is 9.94. The number of pyridine rings is 1. The van der Waals surface area contributed by atoms with Crippen LogP contribution < -0.4 is 5.32 Å². The molecule has 146 valence electrons. The highest BCUT2D eigenvalue weighted by Crippen LogP contribution is 2.22. The Kier molecular flexibility index (Phi) is 7.08. The molecule has 1 amide bonds. The van der Waals surface area contributed by atoms with Crippen molar-refractivity contribution in [1.29, 1.82) is 0 Å². The second-order valence-electron chi connectivity index (χ2n) is 6.33. The minimum absolute atomic E-state index is 0.171. The van der Waals surface area contributed by atoms with E-state index in [4.69, 9.17) is 4.74 Å². The summed E-state index contributed by atoms with van der Waals surface area (Å²) in [6.45, 7) is 2.01. The third kappa shape index (κ3) is 5.60. The number of hydrogen-bond donors (Lipinski definition) is 1. The van der Waals surface area contributed by atoms with E-state index in [1.54, 1.807) is 24.5 Å². The van der Waals surface area contributed by atoms with Crippen LogP contribution in [0.25, 0.3) is 10.2 Å². The van der Waals surface area contributed by atoms with Gasteiger partial charge in [-0.15, -0.1) is 11.3 Å². The van der Waals surface area contributed by atoms with Crippen molar-refractivity contribution in [3.8, 4) is 0 Å². The molecule has 0 saturated heterocycles. The fourth-order valence-corrected chi connectivity index (χ4v) is 3.87. The van der Waals surface area contributed by atoms with Crippen molar-refractivity contribution in [3.63, 3.8) is 0 Å². The molecule has 3 aromatic rings. The molecule has 0 radical (unpaired) electrons. The Morgan fingerprint density at radius 3 is 2.75 bits per heavy atom. The van der Waals surface area contributed by atoms with Crippen LogP contribution in [0, 0.1) is 0 Å². The van der Waals surface area contributed by atoms with E-state index in [0.29, 0.717) is 19.3 Å². The van der Waals surface area contributed by atoms with Crippen molar-refractivity contribution in [2.75, 3.05) is 6.61 Å². The molecule has 0 unspecified atom stereocenters. The number of carbonyl (C=O) groups excluding carboxylic acids is 2. The standard InChI is InChI=1S/C21H23N3O3S/c1-2-27-21(26)17(14-15-8-5-6-13-22-15)23-19(25)11-7-12-20-24-16-9-3-4-10-18(16)28-20/h3-6,8-10,13,17H,2,7,11-12,14H2,1H3,(H,23,25)/t17-/m0/s1. The molecule has 2 heterocycles. The summed E-state index contributed by atoms with van der Waals surface area (Å²) in [6.07, 6.45) is 3.70. The molecule has 7 heteroatoms. The van der Waals surface area contributed by atoms with Crippen molar-refractivity contribution >= 4 is 33.4 Å². The van der Waals surface area contributed by atoms with Gasteiger partial charge in [-0.1, -0.05) is 18.2 Å². The average molecular weight is 398 g/mol. The van der Waals surface area contributed by atoms with Crippen molar-refractivity contribution < 1.29 is 14.3 Å². The van der Waals surface area contributed by atoms with Crippen molar-refractivity contribution in [2.24, 2.45) is 0 Å². The molecule has 1 atom stereocenters. The molecule has 28 heavy (non-hydrogen) atoms. The first-order valence-electron chi connectivity index (χ1n) is 9.36. The number of esters is 1. The highest BCUT2D eigenvalue weighted by atomic mass is 32.1. The Balaban J connectivity index is 1.52. The molecule has 0 spiro atoms. The van der Waals surface area contributed by atoms with E-state index >= 15 is 0 Å². The van der Waals surface area contributed by atoms with Crippen LogP contribution >= 0.6 is 11.3 Å². The highest BCUT2D eigenvalue weighted by molar-refractivity contribution is 7.18. The van der Waals surface area contributed by atoms with Gasteiger partial charge in [-0.05, 0) is 44.0 Å². The molecule has 3 rings (SSSR count). The topological polar surface area (TPSA) is 81.2 Å². The summed E-state index contributed by atoms with van der Waals surface area (Å²) >= 11 is 1.65. The monoisotopic (exact) mass is 397 g/mol. The minimum Gasteiger partial charge on any atom is -0.464 e. The molecular weight excluding hydrogens is 374 g/mol. The number of thiazole rings is 1. The average Bonchev–Trinajstić information content (AvgIpc) is 3.11. The van der Waals surface area contributed by atoms with E-state index < -0.39 is 12.0 Å². The van der Waals surface area contributed by atoms with Gasteiger partial charge in [0.1, 0.15) is 6.04 Å². The van der Waals surface area contributed by atoms with Gasteiger partial charge in [-0.25, -0.2) is 9.78 Å². The lowest BCUT2D eigenvalue weighted by molar-refractivity contribution is -0.147. The maximum Gasteiger partial charge on any atom is 0.329 e. The number of fused-ring (bicyclic) bond motifs is 1. The first-order chi connectivity index (χ1) is 13.7. The summed E-state index contributed by atoms with van der Waals surface area (Å²) < 4.78 is 6.25. The molecule has 1 N–H and O–H groups in total. The summed E-state index contributed by atoms with van der Waals surface area (Å²) in [5, 5.41) is 3.81. The molecule has 6 nitrogen and oxygen atoms in total. The number of ether oxygens (including phenoxy) is 1. The molecule has 0 bridgehead atoms. The SMILES string of the molecule is CCOC(=O)[C@H](Cc1ccccn1)NC(=O)CCCc1nc2ccccc2s1. The number of rotatable bonds is 9. The maximum absolute atomic E-state index is 12.4. The zero-order valence-corrected chi connectivity index (χ0v) is 16.6. The summed E-state index contributed by atoms with van der Waals surface area (Å²) in [5.74, 6) is -0.609. The van der Waals surface area contributed by atoms with Crippen LogP contribution in [0.15, 0.2) is 48.7 Å². The zero-order valence-electron chi connectivity index (χ0n) is 15.8. The van der Waals surface area contributed by atoms with Crippen LogP contribution in [0.5, 0.6) is 0 Å². The number of aromatic nitrogens is 2.